The van der Waals surface area contributed by atoms with Crippen molar-refractivity contribution in [3.8, 4) is 11.5 Å². The fourth-order valence-electron chi connectivity index (χ4n) is 4.83. The van der Waals surface area contributed by atoms with Crippen LogP contribution < -0.4 is 29.3 Å². The Morgan fingerprint density at radius 1 is 1.02 bits per heavy atom. The summed E-state index contributed by atoms with van der Waals surface area (Å²) in [4.78, 5) is 46.1. The van der Waals surface area contributed by atoms with Gasteiger partial charge in [0, 0.05) is 25.7 Å². The van der Waals surface area contributed by atoms with Gasteiger partial charge in [0.1, 0.15) is 0 Å². The summed E-state index contributed by atoms with van der Waals surface area (Å²) in [7, 11) is 0. The van der Waals surface area contributed by atoms with Gasteiger partial charge < -0.3 is 19.1 Å². The minimum absolute atomic E-state index is 0.172. The zero-order valence-corrected chi connectivity index (χ0v) is 25.0. The summed E-state index contributed by atoms with van der Waals surface area (Å²) in [5, 5.41) is 0. The number of allylic oxidation sites excluding steroid dienone is 1. The highest BCUT2D eigenvalue weighted by Crippen LogP contribution is 2.36. The van der Waals surface area contributed by atoms with Gasteiger partial charge in [-0.1, -0.05) is 29.5 Å². The molecule has 0 saturated carbocycles. The summed E-state index contributed by atoms with van der Waals surface area (Å²) < 4.78 is 18.5. The minimum atomic E-state index is -0.817. The van der Waals surface area contributed by atoms with Gasteiger partial charge in [-0.3, -0.25) is 14.2 Å². The summed E-state index contributed by atoms with van der Waals surface area (Å²) in [5.41, 5.74) is 3.05. The number of hydrogen-bond donors (Lipinski definition) is 0. The van der Waals surface area contributed by atoms with Gasteiger partial charge >= 0.3 is 11.9 Å². The van der Waals surface area contributed by atoms with Gasteiger partial charge in [-0.2, -0.15) is 0 Å². The average molecular weight is 578 g/mol. The maximum absolute atomic E-state index is 13.9. The van der Waals surface area contributed by atoms with Crippen molar-refractivity contribution in [2.24, 2.45) is 4.99 Å². The van der Waals surface area contributed by atoms with Crippen LogP contribution in [-0.4, -0.2) is 42.8 Å². The first kappa shape index (κ1) is 29.8. The molecule has 0 bridgehead atoms. The summed E-state index contributed by atoms with van der Waals surface area (Å²) >= 11 is 1.26. The van der Waals surface area contributed by atoms with Gasteiger partial charge in [-0.05, 0) is 76.1 Å². The van der Waals surface area contributed by atoms with E-state index in [1.165, 1.54) is 22.8 Å². The van der Waals surface area contributed by atoms with Gasteiger partial charge in [-0.15, -0.1) is 0 Å². The third-order valence-electron chi connectivity index (χ3n) is 6.67. The number of esters is 2. The number of thiazole rings is 1. The summed E-state index contributed by atoms with van der Waals surface area (Å²) in [6.45, 7) is 13.1. The molecule has 2 heterocycles. The predicted molar refractivity (Wildman–Crippen MR) is 159 cm³/mol. The van der Waals surface area contributed by atoms with Crippen LogP contribution in [0.3, 0.4) is 0 Å². The van der Waals surface area contributed by atoms with Gasteiger partial charge in [0.25, 0.3) is 5.56 Å². The number of carbonyl (C=O) groups is 2. The lowest BCUT2D eigenvalue weighted by molar-refractivity contribution is -0.139. The first-order valence-corrected chi connectivity index (χ1v) is 14.5. The molecule has 1 aromatic heterocycles. The van der Waals surface area contributed by atoms with E-state index in [-0.39, 0.29) is 23.5 Å². The molecular weight excluding hydrogens is 542 g/mol. The minimum Gasteiger partial charge on any atom is -0.490 e. The molecule has 0 spiro atoms. The zero-order chi connectivity index (χ0) is 29.7. The summed E-state index contributed by atoms with van der Waals surface area (Å²) in [5.74, 6) is -0.461. The molecule has 0 amide bonds. The SMILES string of the molecule is CCOC(=O)C1=C(C)N=c2s/c(=C/c3ccc(N(CC)CC)cc3)c(=O)n2[C@@H]1c1ccc(OC(C)=O)c(OCC)c1. The molecule has 0 unspecified atom stereocenters. The Morgan fingerprint density at radius 3 is 2.34 bits per heavy atom. The van der Waals surface area contributed by atoms with Crippen molar-refractivity contribution in [1.82, 2.24) is 4.57 Å². The predicted octanol–water partition coefficient (Wildman–Crippen LogP) is 3.97. The van der Waals surface area contributed by atoms with E-state index in [2.05, 4.69) is 23.7 Å². The fraction of sp³-hybridized carbons (Fsp3) is 0.355. The van der Waals surface area contributed by atoms with Gasteiger partial charge in [0.15, 0.2) is 16.3 Å². The number of nitrogens with zero attached hydrogens (tertiary/aromatic N) is 3. The number of fused-ring (bicyclic) bond motifs is 1. The van der Waals surface area contributed by atoms with Crippen molar-refractivity contribution >= 4 is 35.0 Å². The number of aromatic nitrogens is 1. The monoisotopic (exact) mass is 577 g/mol. The van der Waals surface area contributed by atoms with E-state index in [4.69, 9.17) is 14.2 Å². The quantitative estimate of drug-likeness (QED) is 0.266. The van der Waals surface area contributed by atoms with Crippen LogP contribution in [0.1, 0.15) is 58.7 Å². The molecule has 10 heteroatoms. The number of hydrogen-bond acceptors (Lipinski definition) is 9. The molecule has 2 aromatic carbocycles. The highest BCUT2D eigenvalue weighted by atomic mass is 32.1. The number of anilines is 1. The van der Waals surface area contributed by atoms with Gasteiger partial charge in [0.2, 0.25) is 0 Å². The first-order chi connectivity index (χ1) is 19.7. The number of benzene rings is 2. The van der Waals surface area contributed by atoms with Crippen molar-refractivity contribution in [2.75, 3.05) is 31.2 Å². The molecule has 1 aliphatic heterocycles. The normalized spacial score (nSPS) is 14.8. The van der Waals surface area contributed by atoms with Crippen molar-refractivity contribution in [3.63, 3.8) is 0 Å². The van der Waals surface area contributed by atoms with E-state index < -0.39 is 18.0 Å². The van der Waals surface area contributed by atoms with Crippen LogP contribution >= 0.6 is 11.3 Å². The highest BCUT2D eigenvalue weighted by Gasteiger charge is 2.34. The Morgan fingerprint density at radius 2 is 1.73 bits per heavy atom. The van der Waals surface area contributed by atoms with Crippen LogP contribution in [-0.2, 0) is 14.3 Å². The topological polar surface area (TPSA) is 99.4 Å². The molecule has 3 aromatic rings. The number of rotatable bonds is 10. The Hall–Kier alpha value is -4.18. The molecule has 4 rings (SSSR count). The Labute approximate surface area is 243 Å². The molecule has 9 nitrogen and oxygen atoms in total. The van der Waals surface area contributed by atoms with Crippen LogP contribution in [0, 0.1) is 0 Å². The number of carbonyl (C=O) groups excluding carboxylic acids is 2. The second-order valence-electron chi connectivity index (χ2n) is 9.30. The molecule has 1 atom stereocenters. The standard InChI is InChI=1S/C31H35N3O6S/c1-7-33(8-2)23-14-11-21(12-15-23)17-26-29(36)34-28(27(30(37)39-10-4)19(5)32-31(34)41-26)22-13-16-24(40-20(6)35)25(18-22)38-9-3/h11-18,28H,7-10H2,1-6H3/b26-17+/t28-/m1/s1. The van der Waals surface area contributed by atoms with Gasteiger partial charge in [-0.25, -0.2) is 9.79 Å². The maximum atomic E-state index is 13.9. The first-order valence-electron chi connectivity index (χ1n) is 13.7. The molecule has 0 N–H and O–H groups in total. The lowest BCUT2D eigenvalue weighted by Crippen LogP contribution is -2.40. The summed E-state index contributed by atoms with van der Waals surface area (Å²) in [6, 6.07) is 12.3. The Kier molecular flexibility index (Phi) is 9.44. The molecule has 1 aliphatic rings. The van der Waals surface area contributed by atoms with Crippen molar-refractivity contribution in [2.45, 2.75) is 47.6 Å². The van der Waals surface area contributed by atoms with Crippen LogP contribution in [0.4, 0.5) is 5.69 Å². The van der Waals surface area contributed by atoms with E-state index in [1.807, 2.05) is 37.3 Å². The fourth-order valence-corrected chi connectivity index (χ4v) is 5.88. The van der Waals surface area contributed by atoms with Gasteiger partial charge in [0.05, 0.1) is 35.1 Å². The molecule has 0 radical (unpaired) electrons. The van der Waals surface area contributed by atoms with Crippen molar-refractivity contribution in [3.05, 3.63) is 84.5 Å². The van der Waals surface area contributed by atoms with E-state index in [0.29, 0.717) is 33.0 Å². The zero-order valence-electron chi connectivity index (χ0n) is 24.2. The molecular formula is C31H35N3O6S. The smallest absolute Gasteiger partial charge is 0.338 e. The molecule has 0 saturated heterocycles. The second kappa shape index (κ2) is 13.0. The van der Waals surface area contributed by atoms with Crippen molar-refractivity contribution in [1.29, 1.82) is 0 Å². The largest absolute Gasteiger partial charge is 0.490 e. The third kappa shape index (κ3) is 6.27. The molecule has 41 heavy (non-hydrogen) atoms. The van der Waals surface area contributed by atoms with E-state index in [9.17, 15) is 14.4 Å². The molecule has 216 valence electrons. The second-order valence-corrected chi connectivity index (χ2v) is 10.3. The van der Waals surface area contributed by atoms with E-state index in [1.54, 1.807) is 32.0 Å². The van der Waals surface area contributed by atoms with Crippen LogP contribution in [0.5, 0.6) is 11.5 Å². The van der Waals surface area contributed by atoms with Crippen molar-refractivity contribution < 1.29 is 23.8 Å². The van der Waals surface area contributed by atoms with E-state index >= 15 is 0 Å². The van der Waals surface area contributed by atoms with E-state index in [0.717, 1.165) is 24.3 Å². The third-order valence-corrected chi connectivity index (χ3v) is 7.66. The lowest BCUT2D eigenvalue weighted by Gasteiger charge is -2.25. The van der Waals surface area contributed by atoms with Crippen LogP contribution in [0.2, 0.25) is 0 Å². The Balaban J connectivity index is 1.88. The number of ether oxygens (including phenoxy) is 3. The molecule has 0 aliphatic carbocycles. The lowest BCUT2D eigenvalue weighted by atomic mass is 9.95. The highest BCUT2D eigenvalue weighted by molar-refractivity contribution is 7.07. The Bertz CT molecular complexity index is 1650. The van der Waals surface area contributed by atoms with Crippen LogP contribution in [0.25, 0.3) is 6.08 Å². The summed E-state index contributed by atoms with van der Waals surface area (Å²) in [6.07, 6.45) is 1.84. The molecule has 0 fully saturated rings. The average Bonchev–Trinajstić information content (AvgIpc) is 3.24. The van der Waals surface area contributed by atoms with Crippen LogP contribution in [0.15, 0.2) is 63.5 Å². The maximum Gasteiger partial charge on any atom is 0.338 e.